The summed E-state index contributed by atoms with van der Waals surface area (Å²) in [6.45, 7) is 3.64. The van der Waals surface area contributed by atoms with Gasteiger partial charge < -0.3 is 11.1 Å². The number of anilines is 1. The van der Waals surface area contributed by atoms with Crippen molar-refractivity contribution in [3.63, 3.8) is 0 Å². The number of primary amides is 1. The highest BCUT2D eigenvalue weighted by Gasteiger charge is 2.11. The van der Waals surface area contributed by atoms with Gasteiger partial charge in [0.1, 0.15) is 11.5 Å². The van der Waals surface area contributed by atoms with Gasteiger partial charge in [0.2, 0.25) is 5.91 Å². The van der Waals surface area contributed by atoms with Gasteiger partial charge in [0.05, 0.1) is 0 Å². The Bertz CT molecular complexity index is 699. The highest BCUT2D eigenvalue weighted by atomic mass is 19.1. The second-order valence-corrected chi connectivity index (χ2v) is 4.91. The fraction of sp³-hybridized carbons (Fsp3) is 0.188. The molecular weight excluding hydrogens is 274 g/mol. The summed E-state index contributed by atoms with van der Waals surface area (Å²) in [4.78, 5) is 11.1. The van der Waals surface area contributed by atoms with Gasteiger partial charge in [-0.3, -0.25) is 4.79 Å². The van der Waals surface area contributed by atoms with E-state index in [1.165, 1.54) is 12.1 Å². The number of nitrogens with one attached hydrogen (secondary N) is 1. The van der Waals surface area contributed by atoms with E-state index >= 15 is 0 Å². The Morgan fingerprint density at radius 1 is 1.14 bits per heavy atom. The molecule has 2 aromatic carbocycles. The van der Waals surface area contributed by atoms with Crippen molar-refractivity contribution in [2.45, 2.75) is 20.4 Å². The monoisotopic (exact) mass is 290 g/mol. The van der Waals surface area contributed by atoms with Gasteiger partial charge in [-0.15, -0.1) is 0 Å². The third-order valence-corrected chi connectivity index (χ3v) is 3.37. The summed E-state index contributed by atoms with van der Waals surface area (Å²) in [7, 11) is 0. The molecule has 0 aliphatic heterocycles. The standard InChI is InChI=1S/C16H16F2N2O/c1-9-3-6-13(17)15(14(9)18)20-8-12-5-4-11(16(19)21)7-10(12)2/h3-7,20H,8H2,1-2H3,(H2,19,21). The van der Waals surface area contributed by atoms with E-state index in [1.54, 1.807) is 25.1 Å². The number of halogens is 2. The molecule has 2 aromatic rings. The van der Waals surface area contributed by atoms with Crippen LogP contribution in [0, 0.1) is 25.5 Å². The van der Waals surface area contributed by atoms with Gasteiger partial charge in [-0.2, -0.15) is 0 Å². The molecule has 0 unspecified atom stereocenters. The van der Waals surface area contributed by atoms with Crippen LogP contribution in [0.5, 0.6) is 0 Å². The van der Waals surface area contributed by atoms with Crippen LogP contribution in [0.1, 0.15) is 27.0 Å². The maximum Gasteiger partial charge on any atom is 0.248 e. The minimum atomic E-state index is -0.635. The Hall–Kier alpha value is -2.43. The van der Waals surface area contributed by atoms with Gasteiger partial charge in [-0.25, -0.2) is 8.78 Å². The molecule has 0 aromatic heterocycles. The molecule has 3 N–H and O–H groups in total. The second-order valence-electron chi connectivity index (χ2n) is 4.91. The number of hydrogen-bond donors (Lipinski definition) is 2. The Balaban J connectivity index is 2.21. The molecule has 0 atom stereocenters. The molecule has 2 rings (SSSR count). The van der Waals surface area contributed by atoms with Crippen LogP contribution in [0.4, 0.5) is 14.5 Å². The number of amides is 1. The van der Waals surface area contributed by atoms with Crippen molar-refractivity contribution >= 4 is 11.6 Å². The van der Waals surface area contributed by atoms with Crippen LogP contribution in [-0.2, 0) is 6.54 Å². The van der Waals surface area contributed by atoms with Crippen molar-refractivity contribution in [1.82, 2.24) is 0 Å². The first-order valence-electron chi connectivity index (χ1n) is 6.48. The molecule has 0 radical (unpaired) electrons. The lowest BCUT2D eigenvalue weighted by molar-refractivity contribution is 0.1000. The van der Waals surface area contributed by atoms with Crippen LogP contribution >= 0.6 is 0 Å². The van der Waals surface area contributed by atoms with Crippen LogP contribution in [-0.4, -0.2) is 5.91 Å². The van der Waals surface area contributed by atoms with Gasteiger partial charge in [0, 0.05) is 12.1 Å². The number of nitrogens with two attached hydrogens (primary N) is 1. The zero-order valence-corrected chi connectivity index (χ0v) is 11.8. The maximum atomic E-state index is 13.9. The molecule has 0 bridgehead atoms. The van der Waals surface area contributed by atoms with Crippen molar-refractivity contribution in [2.24, 2.45) is 5.73 Å². The Morgan fingerprint density at radius 2 is 1.86 bits per heavy atom. The summed E-state index contributed by atoms with van der Waals surface area (Å²) in [5.74, 6) is -1.74. The molecule has 1 amide bonds. The van der Waals surface area contributed by atoms with Crippen molar-refractivity contribution < 1.29 is 13.6 Å². The summed E-state index contributed by atoms with van der Waals surface area (Å²) in [5, 5.41) is 2.76. The first kappa shape index (κ1) is 15.0. The van der Waals surface area contributed by atoms with Gasteiger partial charge in [-0.1, -0.05) is 12.1 Å². The average molecular weight is 290 g/mol. The van der Waals surface area contributed by atoms with E-state index in [1.807, 2.05) is 6.92 Å². The molecule has 110 valence electrons. The molecule has 21 heavy (non-hydrogen) atoms. The maximum absolute atomic E-state index is 13.9. The van der Waals surface area contributed by atoms with Crippen molar-refractivity contribution in [1.29, 1.82) is 0 Å². The first-order valence-corrected chi connectivity index (χ1v) is 6.48. The molecule has 0 spiro atoms. The van der Waals surface area contributed by atoms with E-state index in [4.69, 9.17) is 5.73 Å². The molecule has 5 heteroatoms. The normalized spacial score (nSPS) is 10.5. The van der Waals surface area contributed by atoms with E-state index < -0.39 is 17.5 Å². The Kier molecular flexibility index (Phi) is 4.21. The highest BCUT2D eigenvalue weighted by molar-refractivity contribution is 5.93. The number of aryl methyl sites for hydroxylation is 2. The Morgan fingerprint density at radius 3 is 2.48 bits per heavy atom. The molecule has 0 aliphatic carbocycles. The smallest absolute Gasteiger partial charge is 0.248 e. The largest absolute Gasteiger partial charge is 0.376 e. The predicted molar refractivity (Wildman–Crippen MR) is 78.1 cm³/mol. The number of carbonyl (C=O) groups excluding carboxylic acids is 1. The number of carbonyl (C=O) groups is 1. The zero-order valence-electron chi connectivity index (χ0n) is 11.8. The average Bonchev–Trinajstić information content (AvgIpc) is 2.44. The molecule has 0 aliphatic rings. The van der Waals surface area contributed by atoms with Crippen LogP contribution in [0.3, 0.4) is 0 Å². The van der Waals surface area contributed by atoms with Crippen LogP contribution < -0.4 is 11.1 Å². The van der Waals surface area contributed by atoms with Gasteiger partial charge in [0.25, 0.3) is 0 Å². The fourth-order valence-corrected chi connectivity index (χ4v) is 2.05. The number of hydrogen-bond acceptors (Lipinski definition) is 2. The summed E-state index contributed by atoms with van der Waals surface area (Å²) < 4.78 is 27.5. The second kappa shape index (κ2) is 5.91. The van der Waals surface area contributed by atoms with E-state index in [2.05, 4.69) is 5.32 Å². The van der Waals surface area contributed by atoms with E-state index in [-0.39, 0.29) is 12.2 Å². The molecule has 3 nitrogen and oxygen atoms in total. The topological polar surface area (TPSA) is 55.1 Å². The number of rotatable bonds is 4. The lowest BCUT2D eigenvalue weighted by Crippen LogP contribution is -2.12. The van der Waals surface area contributed by atoms with Crippen molar-refractivity contribution in [3.05, 3.63) is 64.2 Å². The van der Waals surface area contributed by atoms with Crippen molar-refractivity contribution in [3.8, 4) is 0 Å². The molecular formula is C16H16F2N2O. The third kappa shape index (κ3) is 3.18. The molecule has 0 saturated carbocycles. The Labute approximate surface area is 121 Å². The summed E-state index contributed by atoms with van der Waals surface area (Å²) in [5.41, 5.74) is 7.50. The zero-order chi connectivity index (χ0) is 15.6. The quantitative estimate of drug-likeness (QED) is 0.907. The van der Waals surface area contributed by atoms with Crippen LogP contribution in [0.15, 0.2) is 30.3 Å². The minimum Gasteiger partial charge on any atom is -0.376 e. The first-order chi connectivity index (χ1) is 9.90. The fourth-order valence-electron chi connectivity index (χ4n) is 2.05. The summed E-state index contributed by atoms with van der Waals surface area (Å²) in [6.07, 6.45) is 0. The van der Waals surface area contributed by atoms with Crippen LogP contribution in [0.25, 0.3) is 0 Å². The van der Waals surface area contributed by atoms with E-state index in [9.17, 15) is 13.6 Å². The predicted octanol–water partition coefficient (Wildman–Crippen LogP) is 3.29. The number of benzene rings is 2. The SMILES string of the molecule is Cc1cc(C(N)=O)ccc1CNc1c(F)ccc(C)c1F. The third-order valence-electron chi connectivity index (χ3n) is 3.37. The van der Waals surface area contributed by atoms with Crippen molar-refractivity contribution in [2.75, 3.05) is 5.32 Å². The van der Waals surface area contributed by atoms with Gasteiger partial charge in [-0.05, 0) is 48.7 Å². The molecule has 0 saturated heterocycles. The van der Waals surface area contributed by atoms with Crippen LogP contribution in [0.2, 0.25) is 0 Å². The molecule has 0 heterocycles. The molecule has 0 fully saturated rings. The summed E-state index contributed by atoms with van der Waals surface area (Å²) in [6, 6.07) is 7.58. The minimum absolute atomic E-state index is 0.145. The lowest BCUT2D eigenvalue weighted by atomic mass is 10.0. The highest BCUT2D eigenvalue weighted by Crippen LogP contribution is 2.23. The van der Waals surface area contributed by atoms with Gasteiger partial charge >= 0.3 is 0 Å². The van der Waals surface area contributed by atoms with E-state index in [0.717, 1.165) is 11.1 Å². The lowest BCUT2D eigenvalue weighted by Gasteiger charge is -2.12. The van der Waals surface area contributed by atoms with E-state index in [0.29, 0.717) is 11.1 Å². The summed E-state index contributed by atoms with van der Waals surface area (Å²) >= 11 is 0. The van der Waals surface area contributed by atoms with Gasteiger partial charge in [0.15, 0.2) is 5.82 Å².